The summed E-state index contributed by atoms with van der Waals surface area (Å²) < 4.78 is 25.5. The van der Waals surface area contributed by atoms with Crippen LogP contribution in [0.3, 0.4) is 0 Å². The van der Waals surface area contributed by atoms with Gasteiger partial charge in [0.1, 0.15) is 0 Å². The molecule has 0 spiro atoms. The molecule has 0 atom stereocenters. The van der Waals surface area contributed by atoms with Crippen LogP contribution in [0.25, 0.3) is 0 Å². The van der Waals surface area contributed by atoms with Crippen LogP contribution < -0.4 is 10.0 Å². The van der Waals surface area contributed by atoms with Gasteiger partial charge in [-0.2, -0.15) is 11.8 Å². The molecule has 2 aromatic carbocycles. The van der Waals surface area contributed by atoms with Gasteiger partial charge >= 0.3 is 0 Å². The lowest BCUT2D eigenvalue weighted by molar-refractivity contribution is 0.102. The van der Waals surface area contributed by atoms with Crippen LogP contribution in [0.5, 0.6) is 0 Å². The van der Waals surface area contributed by atoms with Gasteiger partial charge in [0.25, 0.3) is 5.91 Å². The molecule has 1 amide bonds. The largest absolute Gasteiger partial charge is 0.322 e. The molecule has 2 aromatic rings. The predicted octanol–water partition coefficient (Wildman–Crippen LogP) is 2.71. The van der Waals surface area contributed by atoms with Crippen molar-refractivity contribution in [3.63, 3.8) is 0 Å². The van der Waals surface area contributed by atoms with Crippen molar-refractivity contribution in [2.45, 2.75) is 10.6 Å². The molecule has 0 fully saturated rings. The first kappa shape index (κ1) is 17.5. The average molecular weight is 350 g/mol. The first-order valence-corrected chi connectivity index (χ1v) is 9.77. The summed E-state index contributed by atoms with van der Waals surface area (Å²) >= 11 is 1.72. The van der Waals surface area contributed by atoms with E-state index in [4.69, 9.17) is 0 Å². The molecule has 2 N–H and O–H groups in total. The Morgan fingerprint density at radius 3 is 2.17 bits per heavy atom. The first-order valence-electron chi connectivity index (χ1n) is 6.89. The molecule has 7 heteroatoms. The zero-order valence-electron chi connectivity index (χ0n) is 12.9. The van der Waals surface area contributed by atoms with Gasteiger partial charge in [-0.3, -0.25) is 4.79 Å². The van der Waals surface area contributed by atoms with Gasteiger partial charge < -0.3 is 5.32 Å². The maximum atomic E-state index is 12.2. The van der Waals surface area contributed by atoms with Crippen LogP contribution in [0.2, 0.25) is 0 Å². The fourth-order valence-electron chi connectivity index (χ4n) is 1.96. The number of benzene rings is 2. The minimum atomic E-state index is -3.47. The smallest absolute Gasteiger partial charge is 0.255 e. The third kappa shape index (κ3) is 4.57. The van der Waals surface area contributed by atoms with E-state index in [1.165, 1.54) is 19.2 Å². The number of amides is 1. The fraction of sp³-hybridized carbons (Fsp3) is 0.188. The molecule has 122 valence electrons. The van der Waals surface area contributed by atoms with E-state index >= 15 is 0 Å². The normalized spacial score (nSPS) is 11.2. The number of thioether (sulfide) groups is 1. The monoisotopic (exact) mass is 350 g/mol. The van der Waals surface area contributed by atoms with E-state index in [-0.39, 0.29) is 10.8 Å². The van der Waals surface area contributed by atoms with Crippen molar-refractivity contribution >= 4 is 33.4 Å². The van der Waals surface area contributed by atoms with E-state index < -0.39 is 10.0 Å². The fourth-order valence-corrected chi connectivity index (χ4v) is 3.21. The summed E-state index contributed by atoms with van der Waals surface area (Å²) in [5.74, 6) is 0.674. The van der Waals surface area contributed by atoms with Crippen LogP contribution in [0.1, 0.15) is 15.9 Å². The van der Waals surface area contributed by atoms with Gasteiger partial charge in [0.15, 0.2) is 0 Å². The van der Waals surface area contributed by atoms with Gasteiger partial charge in [-0.1, -0.05) is 12.1 Å². The third-order valence-electron chi connectivity index (χ3n) is 3.22. The summed E-state index contributed by atoms with van der Waals surface area (Å²) in [5.41, 5.74) is 2.26. The van der Waals surface area contributed by atoms with Crippen LogP contribution in [0.4, 0.5) is 5.69 Å². The van der Waals surface area contributed by atoms with E-state index in [0.717, 1.165) is 11.3 Å². The molecule has 0 aliphatic rings. The highest BCUT2D eigenvalue weighted by Crippen LogP contribution is 2.16. The lowest BCUT2D eigenvalue weighted by atomic mass is 10.1. The Balaban J connectivity index is 2.08. The minimum Gasteiger partial charge on any atom is -0.322 e. The van der Waals surface area contributed by atoms with E-state index in [1.807, 2.05) is 18.4 Å². The Morgan fingerprint density at radius 1 is 1.04 bits per heavy atom. The molecule has 5 nitrogen and oxygen atoms in total. The second kappa shape index (κ2) is 7.63. The van der Waals surface area contributed by atoms with Gasteiger partial charge in [0.2, 0.25) is 10.0 Å². The Morgan fingerprint density at radius 2 is 1.65 bits per heavy atom. The van der Waals surface area contributed by atoms with Gasteiger partial charge in [0, 0.05) is 17.0 Å². The number of rotatable bonds is 6. The van der Waals surface area contributed by atoms with E-state index in [9.17, 15) is 13.2 Å². The van der Waals surface area contributed by atoms with E-state index in [2.05, 4.69) is 10.0 Å². The number of carbonyl (C=O) groups is 1. The Hall–Kier alpha value is -1.83. The molecular formula is C16H18N2O3S2. The van der Waals surface area contributed by atoms with Crippen molar-refractivity contribution < 1.29 is 13.2 Å². The lowest BCUT2D eigenvalue weighted by Gasteiger charge is -2.07. The Kier molecular flexibility index (Phi) is 5.81. The van der Waals surface area contributed by atoms with Crippen molar-refractivity contribution in [3.05, 3.63) is 59.7 Å². The standard InChI is InChI=1S/C16H18N2O3S2/c1-17-23(20,21)15-9-7-14(8-10-15)18-16(19)13-5-3-12(4-6-13)11-22-2/h3-10,17H,11H2,1-2H3,(H,18,19). The van der Waals surface area contributed by atoms with Gasteiger partial charge in [0.05, 0.1) is 4.90 Å². The SMILES string of the molecule is CNS(=O)(=O)c1ccc(NC(=O)c2ccc(CSC)cc2)cc1. The zero-order valence-corrected chi connectivity index (χ0v) is 14.5. The van der Waals surface area contributed by atoms with Gasteiger partial charge in [-0.05, 0) is 55.3 Å². The topological polar surface area (TPSA) is 75.3 Å². The lowest BCUT2D eigenvalue weighted by Crippen LogP contribution is -2.18. The summed E-state index contributed by atoms with van der Waals surface area (Å²) in [6, 6.07) is 13.4. The number of hydrogen-bond acceptors (Lipinski definition) is 4. The summed E-state index contributed by atoms with van der Waals surface area (Å²) in [6.07, 6.45) is 2.03. The van der Waals surface area contributed by atoms with Crippen molar-refractivity contribution in [3.8, 4) is 0 Å². The quantitative estimate of drug-likeness (QED) is 0.840. The zero-order chi connectivity index (χ0) is 16.9. The molecule has 0 aromatic heterocycles. The Bertz CT molecular complexity index is 770. The molecular weight excluding hydrogens is 332 g/mol. The van der Waals surface area contributed by atoms with Crippen LogP contribution in [0, 0.1) is 0 Å². The summed E-state index contributed by atoms with van der Waals surface area (Å²) in [6.45, 7) is 0. The average Bonchev–Trinajstić information content (AvgIpc) is 2.56. The Labute approximate surface area is 140 Å². The summed E-state index contributed by atoms with van der Waals surface area (Å²) in [7, 11) is -2.12. The predicted molar refractivity (Wildman–Crippen MR) is 94.3 cm³/mol. The number of carbonyl (C=O) groups excluding carboxylic acids is 1. The molecule has 23 heavy (non-hydrogen) atoms. The van der Waals surface area contributed by atoms with Crippen LogP contribution in [-0.4, -0.2) is 27.6 Å². The second-order valence-electron chi connectivity index (χ2n) is 4.82. The molecule has 0 aliphatic carbocycles. The van der Waals surface area contributed by atoms with E-state index in [1.54, 1.807) is 36.0 Å². The molecule has 0 unspecified atom stereocenters. The molecule has 0 heterocycles. The van der Waals surface area contributed by atoms with Crippen LogP contribution in [-0.2, 0) is 15.8 Å². The third-order valence-corrected chi connectivity index (χ3v) is 5.27. The van der Waals surface area contributed by atoms with Crippen molar-refractivity contribution in [2.24, 2.45) is 0 Å². The highest BCUT2D eigenvalue weighted by molar-refractivity contribution is 7.97. The maximum Gasteiger partial charge on any atom is 0.255 e. The molecule has 0 radical (unpaired) electrons. The second-order valence-corrected chi connectivity index (χ2v) is 7.57. The summed E-state index contributed by atoms with van der Waals surface area (Å²) in [4.78, 5) is 12.3. The molecule has 0 bridgehead atoms. The van der Waals surface area contributed by atoms with Gasteiger partial charge in [-0.15, -0.1) is 0 Å². The van der Waals surface area contributed by atoms with Crippen molar-refractivity contribution in [1.29, 1.82) is 0 Å². The molecule has 0 saturated heterocycles. The van der Waals surface area contributed by atoms with E-state index in [0.29, 0.717) is 11.3 Å². The van der Waals surface area contributed by atoms with Crippen molar-refractivity contribution in [2.75, 3.05) is 18.6 Å². The number of hydrogen-bond donors (Lipinski definition) is 2. The number of sulfonamides is 1. The van der Waals surface area contributed by atoms with Crippen LogP contribution >= 0.6 is 11.8 Å². The first-order chi connectivity index (χ1) is 11.0. The minimum absolute atomic E-state index is 0.152. The number of anilines is 1. The number of nitrogens with one attached hydrogen (secondary N) is 2. The highest BCUT2D eigenvalue weighted by atomic mass is 32.2. The molecule has 2 rings (SSSR count). The summed E-state index contributed by atoms with van der Waals surface area (Å²) in [5, 5.41) is 2.75. The maximum absolute atomic E-state index is 12.2. The van der Waals surface area contributed by atoms with Crippen molar-refractivity contribution in [1.82, 2.24) is 4.72 Å². The van der Waals surface area contributed by atoms with Crippen LogP contribution in [0.15, 0.2) is 53.4 Å². The molecule has 0 saturated carbocycles. The molecule has 0 aliphatic heterocycles. The highest BCUT2D eigenvalue weighted by Gasteiger charge is 2.11. The van der Waals surface area contributed by atoms with Gasteiger partial charge in [-0.25, -0.2) is 13.1 Å².